The number of rotatable bonds is 6. The van der Waals surface area contributed by atoms with E-state index in [0.717, 1.165) is 5.56 Å². The van der Waals surface area contributed by atoms with Crippen LogP contribution in [0.25, 0.3) is 0 Å². The minimum absolute atomic E-state index is 0.0967. The molecule has 1 heterocycles. The third-order valence-corrected chi connectivity index (χ3v) is 7.64. The van der Waals surface area contributed by atoms with Gasteiger partial charge in [0.25, 0.3) is 0 Å². The first-order chi connectivity index (χ1) is 17.2. The molecule has 2 saturated carbocycles. The van der Waals surface area contributed by atoms with Crippen LogP contribution in [0.5, 0.6) is 0 Å². The average molecular weight is 519 g/mol. The molecule has 4 rings (SSSR count). The normalized spacial score (nSPS) is 26.6. The molecule has 1 unspecified atom stereocenters. The maximum absolute atomic E-state index is 13.8. The Morgan fingerprint density at radius 1 is 1.11 bits per heavy atom. The van der Waals surface area contributed by atoms with Gasteiger partial charge in [0, 0.05) is 11.6 Å². The Morgan fingerprint density at radius 3 is 2.32 bits per heavy atom. The van der Waals surface area contributed by atoms with Crippen LogP contribution in [0.2, 0.25) is 0 Å². The highest BCUT2D eigenvalue weighted by atomic mass is 19.4. The van der Waals surface area contributed by atoms with Crippen LogP contribution >= 0.6 is 0 Å². The first-order valence-corrected chi connectivity index (χ1v) is 12.2. The molecule has 1 spiro atoms. The lowest BCUT2D eigenvalue weighted by Crippen LogP contribution is -2.59. The molecule has 37 heavy (non-hydrogen) atoms. The number of benzene rings is 1. The molecule has 0 saturated heterocycles. The highest BCUT2D eigenvalue weighted by molar-refractivity contribution is 6.07. The summed E-state index contributed by atoms with van der Waals surface area (Å²) in [6.07, 6.45) is -3.67. The SMILES string of the molecule is CC(C)(C)[C@H](NC(=O)C(F)(F)F)C(=O)N[C@H](C(=O)C1C[C@]2(C[C@H]1C#N)C(=O)Nc1ccccc12)C1CC1. The van der Waals surface area contributed by atoms with Crippen molar-refractivity contribution in [2.45, 2.75) is 70.1 Å². The second-order valence-electron chi connectivity index (χ2n) is 11.3. The monoisotopic (exact) mass is 518 g/mol. The highest BCUT2D eigenvalue weighted by Crippen LogP contribution is 2.54. The molecule has 1 aromatic rings. The van der Waals surface area contributed by atoms with E-state index in [0.29, 0.717) is 18.5 Å². The number of nitrogens with zero attached hydrogens (tertiary/aromatic N) is 1. The van der Waals surface area contributed by atoms with E-state index >= 15 is 0 Å². The molecule has 8 nitrogen and oxygen atoms in total. The number of hydrogen-bond acceptors (Lipinski definition) is 5. The summed E-state index contributed by atoms with van der Waals surface area (Å²) < 4.78 is 38.7. The summed E-state index contributed by atoms with van der Waals surface area (Å²) in [6.45, 7) is 4.51. The lowest BCUT2D eigenvalue weighted by Gasteiger charge is -2.32. The Morgan fingerprint density at radius 2 is 1.76 bits per heavy atom. The number of anilines is 1. The molecule has 5 atom stereocenters. The smallest absolute Gasteiger partial charge is 0.344 e. The lowest BCUT2D eigenvalue weighted by molar-refractivity contribution is -0.175. The van der Waals surface area contributed by atoms with E-state index in [2.05, 4.69) is 16.7 Å². The number of alkyl halides is 3. The Labute approximate surface area is 212 Å². The minimum atomic E-state index is -5.17. The third-order valence-electron chi connectivity index (χ3n) is 7.64. The van der Waals surface area contributed by atoms with Crippen molar-refractivity contribution in [3.05, 3.63) is 29.8 Å². The molecule has 11 heteroatoms. The van der Waals surface area contributed by atoms with Crippen LogP contribution in [0.1, 0.15) is 52.0 Å². The van der Waals surface area contributed by atoms with Gasteiger partial charge in [-0.3, -0.25) is 19.2 Å². The van der Waals surface area contributed by atoms with Gasteiger partial charge in [-0.2, -0.15) is 18.4 Å². The van der Waals surface area contributed by atoms with Crippen LogP contribution in [0.4, 0.5) is 18.9 Å². The molecule has 3 aliphatic rings. The van der Waals surface area contributed by atoms with Gasteiger partial charge in [-0.1, -0.05) is 39.0 Å². The van der Waals surface area contributed by atoms with E-state index in [4.69, 9.17) is 0 Å². The Hall–Kier alpha value is -3.42. The van der Waals surface area contributed by atoms with Crippen LogP contribution in [0, 0.1) is 34.5 Å². The highest BCUT2D eigenvalue weighted by Gasteiger charge is 2.58. The summed E-state index contributed by atoms with van der Waals surface area (Å²) in [6, 6.07) is 6.69. The van der Waals surface area contributed by atoms with E-state index in [1.54, 1.807) is 29.6 Å². The lowest BCUT2D eigenvalue weighted by atomic mass is 9.78. The van der Waals surface area contributed by atoms with Gasteiger partial charge in [-0.05, 0) is 48.6 Å². The quantitative estimate of drug-likeness (QED) is 0.534. The molecule has 3 amide bonds. The molecule has 1 aliphatic heterocycles. The van der Waals surface area contributed by atoms with Crippen LogP contribution in [-0.2, 0) is 24.6 Å². The average Bonchev–Trinajstić information content (AvgIpc) is 3.52. The fraction of sp³-hybridized carbons (Fsp3) is 0.577. The van der Waals surface area contributed by atoms with Crippen molar-refractivity contribution < 1.29 is 32.3 Å². The molecular formula is C26H29F3N4O4. The number of fused-ring (bicyclic) bond motifs is 2. The third kappa shape index (κ3) is 4.93. The van der Waals surface area contributed by atoms with Crippen LogP contribution in [0.3, 0.4) is 0 Å². The number of nitrogens with one attached hydrogen (secondary N) is 3. The van der Waals surface area contributed by atoms with E-state index < -0.39 is 58.5 Å². The zero-order valence-electron chi connectivity index (χ0n) is 20.7. The van der Waals surface area contributed by atoms with Crippen molar-refractivity contribution in [1.82, 2.24) is 10.6 Å². The summed E-state index contributed by atoms with van der Waals surface area (Å²) in [7, 11) is 0. The van der Waals surface area contributed by atoms with Gasteiger partial charge in [-0.25, -0.2) is 0 Å². The van der Waals surface area contributed by atoms with Gasteiger partial charge in [0.05, 0.1) is 23.4 Å². The van der Waals surface area contributed by atoms with Crippen molar-refractivity contribution >= 4 is 29.2 Å². The number of hydrogen-bond donors (Lipinski definition) is 3. The Kier molecular flexibility index (Phi) is 6.59. The Balaban J connectivity index is 1.58. The molecule has 3 N–H and O–H groups in total. The van der Waals surface area contributed by atoms with Gasteiger partial charge >= 0.3 is 12.1 Å². The molecule has 2 fully saturated rings. The van der Waals surface area contributed by atoms with E-state index in [1.807, 2.05) is 0 Å². The topological polar surface area (TPSA) is 128 Å². The molecule has 198 valence electrons. The molecule has 0 bridgehead atoms. The number of halogens is 3. The van der Waals surface area contributed by atoms with Crippen LogP contribution in [-0.4, -0.2) is 41.8 Å². The number of ketones is 1. The summed E-state index contributed by atoms with van der Waals surface area (Å²) >= 11 is 0. The van der Waals surface area contributed by atoms with Gasteiger partial charge in [-0.15, -0.1) is 0 Å². The first kappa shape index (κ1) is 26.6. The van der Waals surface area contributed by atoms with Crippen molar-refractivity contribution in [2.24, 2.45) is 23.2 Å². The van der Waals surface area contributed by atoms with E-state index in [-0.39, 0.29) is 24.7 Å². The zero-order chi connectivity index (χ0) is 27.3. The van der Waals surface area contributed by atoms with E-state index in [9.17, 15) is 37.6 Å². The fourth-order valence-corrected chi connectivity index (χ4v) is 5.54. The largest absolute Gasteiger partial charge is 0.471 e. The molecule has 2 aliphatic carbocycles. The zero-order valence-corrected chi connectivity index (χ0v) is 20.7. The van der Waals surface area contributed by atoms with Gasteiger partial charge in [0.15, 0.2) is 5.78 Å². The maximum atomic E-state index is 13.8. The number of amides is 3. The number of nitriles is 1. The van der Waals surface area contributed by atoms with Gasteiger partial charge < -0.3 is 16.0 Å². The van der Waals surface area contributed by atoms with Crippen molar-refractivity contribution in [3.8, 4) is 6.07 Å². The second kappa shape index (κ2) is 9.15. The van der Waals surface area contributed by atoms with Crippen LogP contribution in [0.15, 0.2) is 24.3 Å². The maximum Gasteiger partial charge on any atom is 0.471 e. The van der Waals surface area contributed by atoms with Crippen molar-refractivity contribution in [1.29, 1.82) is 5.26 Å². The Bertz CT molecular complexity index is 1180. The number of para-hydroxylation sites is 1. The number of Topliss-reactive ketones (excluding diaryl/α,β-unsaturated/α-hetero) is 1. The van der Waals surface area contributed by atoms with Crippen molar-refractivity contribution in [2.75, 3.05) is 5.32 Å². The second-order valence-corrected chi connectivity index (χ2v) is 11.3. The summed E-state index contributed by atoms with van der Waals surface area (Å²) in [5, 5.41) is 17.1. The predicted octanol–water partition coefficient (Wildman–Crippen LogP) is 2.98. The number of carbonyl (C=O) groups is 4. The van der Waals surface area contributed by atoms with Crippen molar-refractivity contribution in [3.63, 3.8) is 0 Å². The summed E-state index contributed by atoms with van der Waals surface area (Å²) in [5.41, 5.74) is -0.757. The standard InChI is InChI=1S/C26H29F3N4O4/c1-24(2,3)20(33-23(37)26(27,28)29)21(35)32-18(13-8-9-13)19(34)15-11-25(10-14(15)12-30)16-6-4-5-7-17(16)31-22(25)36/h4-7,13-15,18,20H,8-11H2,1-3H3,(H,31,36)(H,32,35)(H,33,37)/t14-,15?,18-,20+,25-/m0/s1. The fourth-order valence-electron chi connectivity index (χ4n) is 5.54. The van der Waals surface area contributed by atoms with E-state index in [1.165, 1.54) is 20.8 Å². The molecule has 1 aromatic carbocycles. The first-order valence-electron chi connectivity index (χ1n) is 12.2. The molecule has 0 aromatic heterocycles. The summed E-state index contributed by atoms with van der Waals surface area (Å²) in [5.74, 6) is -5.68. The van der Waals surface area contributed by atoms with Crippen LogP contribution < -0.4 is 16.0 Å². The van der Waals surface area contributed by atoms with Gasteiger partial charge in [0.1, 0.15) is 6.04 Å². The van der Waals surface area contributed by atoms with Gasteiger partial charge in [0.2, 0.25) is 11.8 Å². The number of carbonyl (C=O) groups excluding carboxylic acids is 4. The molecular weight excluding hydrogens is 489 g/mol. The minimum Gasteiger partial charge on any atom is -0.344 e. The molecule has 0 radical (unpaired) electrons. The predicted molar refractivity (Wildman–Crippen MR) is 126 cm³/mol. The summed E-state index contributed by atoms with van der Waals surface area (Å²) in [4.78, 5) is 51.6.